The first-order valence-corrected chi connectivity index (χ1v) is 4.64. The molecular formula is C8H11NO2S. The van der Waals surface area contributed by atoms with E-state index in [9.17, 15) is 4.79 Å². The Bertz CT molecular complexity index is 246. The molecule has 0 aromatic carbocycles. The summed E-state index contributed by atoms with van der Waals surface area (Å²) in [6.07, 6.45) is 1.25. The third kappa shape index (κ3) is 2.64. The van der Waals surface area contributed by atoms with E-state index >= 15 is 0 Å². The number of hydrogen-bond acceptors (Lipinski definition) is 3. The van der Waals surface area contributed by atoms with E-state index in [0.29, 0.717) is 6.42 Å². The molecule has 0 aliphatic carbocycles. The molecule has 3 N–H and O–H groups in total. The van der Waals surface area contributed by atoms with Crippen molar-refractivity contribution >= 4 is 17.3 Å². The number of carbonyl (C=O) groups is 1. The molecular weight excluding hydrogens is 174 g/mol. The molecule has 0 amide bonds. The molecule has 0 spiro atoms. The molecule has 0 fully saturated rings. The smallest absolute Gasteiger partial charge is 0.320 e. The van der Waals surface area contributed by atoms with Crippen LogP contribution in [0.5, 0.6) is 0 Å². The summed E-state index contributed by atoms with van der Waals surface area (Å²) >= 11 is 1.61. The minimum atomic E-state index is -0.926. The van der Waals surface area contributed by atoms with Crippen LogP contribution in [-0.4, -0.2) is 17.1 Å². The van der Waals surface area contributed by atoms with Crippen LogP contribution in [0.1, 0.15) is 12.0 Å². The summed E-state index contributed by atoms with van der Waals surface area (Å²) in [5, 5.41) is 12.5. The van der Waals surface area contributed by atoms with Gasteiger partial charge in [-0.1, -0.05) is 0 Å². The average Bonchev–Trinajstić information content (AvgIpc) is 2.51. The Kier molecular flexibility index (Phi) is 3.25. The van der Waals surface area contributed by atoms with Gasteiger partial charge < -0.3 is 10.8 Å². The number of aryl methyl sites for hydroxylation is 1. The van der Waals surface area contributed by atoms with Gasteiger partial charge in [-0.3, -0.25) is 4.79 Å². The van der Waals surface area contributed by atoms with Gasteiger partial charge in [0.15, 0.2) is 0 Å². The van der Waals surface area contributed by atoms with Crippen LogP contribution in [0.3, 0.4) is 0 Å². The van der Waals surface area contributed by atoms with E-state index in [2.05, 4.69) is 0 Å². The second-order valence-corrected chi connectivity index (χ2v) is 3.40. The van der Waals surface area contributed by atoms with Crippen molar-refractivity contribution in [3.05, 3.63) is 22.4 Å². The van der Waals surface area contributed by atoms with Crippen LogP contribution < -0.4 is 5.73 Å². The number of aliphatic carboxylic acids is 1. The quantitative estimate of drug-likeness (QED) is 0.738. The molecule has 0 saturated carbocycles. The van der Waals surface area contributed by atoms with Crippen LogP contribution >= 0.6 is 11.3 Å². The third-order valence-corrected chi connectivity index (χ3v) is 2.37. The highest BCUT2D eigenvalue weighted by Gasteiger charge is 2.10. The first-order valence-electron chi connectivity index (χ1n) is 3.69. The van der Waals surface area contributed by atoms with Crippen molar-refractivity contribution in [2.45, 2.75) is 18.9 Å². The Morgan fingerprint density at radius 3 is 3.00 bits per heavy atom. The highest BCUT2D eigenvalue weighted by molar-refractivity contribution is 7.07. The molecule has 1 heterocycles. The topological polar surface area (TPSA) is 63.3 Å². The normalized spacial score (nSPS) is 12.8. The number of nitrogens with two attached hydrogens (primary N) is 1. The largest absolute Gasteiger partial charge is 0.480 e. The zero-order chi connectivity index (χ0) is 8.97. The van der Waals surface area contributed by atoms with Crippen LogP contribution in [0.25, 0.3) is 0 Å². The summed E-state index contributed by atoms with van der Waals surface area (Å²) in [7, 11) is 0. The standard InChI is InChI=1S/C8H11NO2S/c9-7(8(10)11)2-1-6-3-4-12-5-6/h3-5,7H,1-2,9H2,(H,10,11)/t7-/m1/s1. The first-order chi connectivity index (χ1) is 5.70. The summed E-state index contributed by atoms with van der Waals surface area (Å²) in [4.78, 5) is 10.3. The van der Waals surface area contributed by atoms with Crippen molar-refractivity contribution in [1.82, 2.24) is 0 Å². The van der Waals surface area contributed by atoms with E-state index in [-0.39, 0.29) is 0 Å². The predicted octanol–water partition coefficient (Wildman–Crippen LogP) is 1.09. The summed E-state index contributed by atoms with van der Waals surface area (Å²) in [6, 6.07) is 1.25. The Labute approximate surface area is 74.8 Å². The second-order valence-electron chi connectivity index (χ2n) is 2.62. The molecule has 0 saturated heterocycles. The van der Waals surface area contributed by atoms with E-state index in [1.807, 2.05) is 16.8 Å². The van der Waals surface area contributed by atoms with Gasteiger partial charge in [0.05, 0.1) is 0 Å². The van der Waals surface area contributed by atoms with Gasteiger partial charge in [0, 0.05) is 0 Å². The Hall–Kier alpha value is -0.870. The van der Waals surface area contributed by atoms with Crippen LogP contribution in [0, 0.1) is 0 Å². The molecule has 12 heavy (non-hydrogen) atoms. The van der Waals surface area contributed by atoms with Crippen molar-refractivity contribution < 1.29 is 9.90 Å². The maximum atomic E-state index is 10.3. The SMILES string of the molecule is N[C@H](CCc1ccsc1)C(=O)O. The average molecular weight is 185 g/mol. The number of carboxylic acid groups (broad SMARTS) is 1. The molecule has 66 valence electrons. The van der Waals surface area contributed by atoms with E-state index in [1.54, 1.807) is 11.3 Å². The third-order valence-electron chi connectivity index (χ3n) is 1.64. The lowest BCUT2D eigenvalue weighted by atomic mass is 10.1. The fraction of sp³-hybridized carbons (Fsp3) is 0.375. The maximum Gasteiger partial charge on any atom is 0.320 e. The van der Waals surface area contributed by atoms with E-state index in [4.69, 9.17) is 10.8 Å². The van der Waals surface area contributed by atoms with Crippen LogP contribution in [0.15, 0.2) is 16.8 Å². The molecule has 0 unspecified atom stereocenters. The van der Waals surface area contributed by atoms with Crippen molar-refractivity contribution in [3.8, 4) is 0 Å². The van der Waals surface area contributed by atoms with Crippen molar-refractivity contribution in [2.75, 3.05) is 0 Å². The van der Waals surface area contributed by atoms with Crippen LogP contribution in [-0.2, 0) is 11.2 Å². The van der Waals surface area contributed by atoms with Crippen molar-refractivity contribution in [3.63, 3.8) is 0 Å². The Morgan fingerprint density at radius 2 is 2.50 bits per heavy atom. The number of rotatable bonds is 4. The zero-order valence-corrected chi connectivity index (χ0v) is 7.38. The Morgan fingerprint density at radius 1 is 1.75 bits per heavy atom. The van der Waals surface area contributed by atoms with Gasteiger partial charge in [0.2, 0.25) is 0 Å². The molecule has 0 bridgehead atoms. The first kappa shape index (κ1) is 9.22. The minimum Gasteiger partial charge on any atom is -0.480 e. The highest BCUT2D eigenvalue weighted by atomic mass is 32.1. The summed E-state index contributed by atoms with van der Waals surface area (Å²) in [5.74, 6) is -0.926. The molecule has 1 atom stereocenters. The molecule has 0 aliphatic rings. The van der Waals surface area contributed by atoms with Gasteiger partial charge in [-0.25, -0.2) is 0 Å². The fourth-order valence-electron chi connectivity index (χ4n) is 0.881. The minimum absolute atomic E-state index is 0.506. The monoisotopic (exact) mass is 185 g/mol. The van der Waals surface area contributed by atoms with Gasteiger partial charge in [0.1, 0.15) is 6.04 Å². The summed E-state index contributed by atoms with van der Waals surface area (Å²) in [6.45, 7) is 0. The fourth-order valence-corrected chi connectivity index (χ4v) is 1.58. The zero-order valence-electron chi connectivity index (χ0n) is 6.56. The van der Waals surface area contributed by atoms with Gasteiger partial charge in [-0.15, -0.1) is 0 Å². The van der Waals surface area contributed by atoms with Crippen LogP contribution in [0.2, 0.25) is 0 Å². The number of hydrogen-bond donors (Lipinski definition) is 2. The molecule has 0 aliphatic heterocycles. The van der Waals surface area contributed by atoms with Crippen molar-refractivity contribution in [2.24, 2.45) is 5.73 Å². The van der Waals surface area contributed by atoms with Gasteiger partial charge in [0.25, 0.3) is 0 Å². The molecule has 1 aromatic heterocycles. The molecule has 1 rings (SSSR count). The maximum absolute atomic E-state index is 10.3. The van der Waals surface area contributed by atoms with E-state index in [0.717, 1.165) is 12.0 Å². The number of carboxylic acids is 1. The lowest BCUT2D eigenvalue weighted by molar-refractivity contribution is -0.138. The molecule has 1 aromatic rings. The predicted molar refractivity (Wildman–Crippen MR) is 48.3 cm³/mol. The molecule has 4 heteroatoms. The lowest BCUT2D eigenvalue weighted by Gasteiger charge is -2.03. The second kappa shape index (κ2) is 4.23. The molecule has 0 radical (unpaired) electrons. The van der Waals surface area contributed by atoms with E-state index in [1.165, 1.54) is 0 Å². The summed E-state index contributed by atoms with van der Waals surface area (Å²) in [5.41, 5.74) is 6.50. The van der Waals surface area contributed by atoms with Gasteiger partial charge >= 0.3 is 5.97 Å². The van der Waals surface area contributed by atoms with Crippen molar-refractivity contribution in [1.29, 1.82) is 0 Å². The Balaban J connectivity index is 2.31. The van der Waals surface area contributed by atoms with Crippen LogP contribution in [0.4, 0.5) is 0 Å². The van der Waals surface area contributed by atoms with Gasteiger partial charge in [-0.05, 0) is 35.2 Å². The lowest BCUT2D eigenvalue weighted by Crippen LogP contribution is -2.30. The summed E-state index contributed by atoms with van der Waals surface area (Å²) < 4.78 is 0. The van der Waals surface area contributed by atoms with E-state index < -0.39 is 12.0 Å². The van der Waals surface area contributed by atoms with Gasteiger partial charge in [-0.2, -0.15) is 11.3 Å². The molecule has 3 nitrogen and oxygen atoms in total. The number of thiophene rings is 1. The highest BCUT2D eigenvalue weighted by Crippen LogP contribution is 2.09.